The van der Waals surface area contributed by atoms with Crippen molar-refractivity contribution in [1.29, 1.82) is 0 Å². The van der Waals surface area contributed by atoms with Gasteiger partial charge in [0.05, 0.1) is 12.6 Å². The summed E-state index contributed by atoms with van der Waals surface area (Å²) >= 11 is 0. The van der Waals surface area contributed by atoms with Gasteiger partial charge in [-0.2, -0.15) is 4.90 Å². The number of nitrogens with zero attached hydrogens (tertiary/aromatic N) is 1. The first-order valence-corrected chi connectivity index (χ1v) is 8.09. The number of rotatable bonds is 5. The molecule has 2 aromatic carbocycles. The summed E-state index contributed by atoms with van der Waals surface area (Å²) in [7, 11) is 0. The van der Waals surface area contributed by atoms with Gasteiger partial charge in [0.25, 0.3) is 5.82 Å². The Kier molecular flexibility index (Phi) is 5.02. The molecule has 0 aliphatic carbocycles. The van der Waals surface area contributed by atoms with Crippen LogP contribution in [0, 0.1) is 6.92 Å². The molecule has 0 saturated heterocycles. The van der Waals surface area contributed by atoms with Crippen molar-refractivity contribution in [3.8, 4) is 0 Å². The number of nitrogens with one attached hydrogen (secondary N) is 1. The Morgan fingerprint density at radius 2 is 1.58 bits per heavy atom. The Morgan fingerprint density at radius 1 is 0.875 bits per heavy atom. The average molecular weight is 317 g/mol. The number of benzene rings is 2. The summed E-state index contributed by atoms with van der Waals surface area (Å²) in [4.78, 5) is 17.9. The van der Waals surface area contributed by atoms with E-state index in [1.54, 1.807) is 4.90 Å². The molecule has 0 aliphatic rings. The molecule has 3 nitrogen and oxygen atoms in total. The smallest absolute Gasteiger partial charge is 0.247 e. The van der Waals surface area contributed by atoms with Crippen molar-refractivity contribution in [2.45, 2.75) is 19.9 Å². The first-order chi connectivity index (χ1) is 11.7. The molecule has 3 rings (SSSR count). The summed E-state index contributed by atoms with van der Waals surface area (Å²) in [6.45, 7) is 2.60. The fraction of sp³-hybridized carbons (Fsp3) is 0.143. The van der Waals surface area contributed by atoms with E-state index in [-0.39, 0.29) is 5.91 Å². The zero-order chi connectivity index (χ0) is 16.8. The van der Waals surface area contributed by atoms with E-state index >= 15 is 0 Å². The minimum Gasteiger partial charge on any atom is -0.247 e. The molecule has 0 spiro atoms. The molecule has 1 heterocycles. The van der Waals surface area contributed by atoms with Crippen molar-refractivity contribution in [1.82, 2.24) is 0 Å². The zero-order valence-corrected chi connectivity index (χ0v) is 13.8. The van der Waals surface area contributed by atoms with Crippen LogP contribution < -0.4 is 9.88 Å². The number of aromatic nitrogens is 1. The minimum absolute atomic E-state index is 0.0742. The molecule has 1 amide bonds. The number of hydrogen-bond acceptors (Lipinski definition) is 1. The maximum absolute atomic E-state index is 12.9. The van der Waals surface area contributed by atoms with Crippen LogP contribution in [0.1, 0.15) is 16.7 Å². The van der Waals surface area contributed by atoms with Crippen LogP contribution in [0.2, 0.25) is 0 Å². The number of amides is 1. The second-order valence-electron chi connectivity index (χ2n) is 5.88. The number of carbonyl (C=O) groups is 1. The van der Waals surface area contributed by atoms with Gasteiger partial charge in [-0.25, -0.2) is 9.78 Å². The maximum atomic E-state index is 12.9. The SMILES string of the molecule is Cc1ccc(CC(=O)N(Cc2ccccc2)c2cccc[nH+]2)cc1. The highest BCUT2D eigenvalue weighted by Crippen LogP contribution is 2.14. The summed E-state index contributed by atoms with van der Waals surface area (Å²) < 4.78 is 0. The van der Waals surface area contributed by atoms with Gasteiger partial charge in [0.1, 0.15) is 6.54 Å². The van der Waals surface area contributed by atoms with Crippen molar-refractivity contribution in [2.75, 3.05) is 4.90 Å². The molecule has 3 aromatic rings. The molecule has 3 heteroatoms. The Labute approximate surface area is 142 Å². The highest BCUT2D eigenvalue weighted by Gasteiger charge is 2.24. The lowest BCUT2D eigenvalue weighted by molar-refractivity contribution is -0.363. The zero-order valence-electron chi connectivity index (χ0n) is 13.8. The number of aromatic amines is 1. The van der Waals surface area contributed by atoms with Gasteiger partial charge in [-0.05, 0) is 24.1 Å². The molecule has 0 atom stereocenters. The van der Waals surface area contributed by atoms with Gasteiger partial charge in [-0.1, -0.05) is 66.2 Å². The summed E-state index contributed by atoms with van der Waals surface area (Å²) in [6, 6.07) is 23.9. The number of aryl methyl sites for hydroxylation is 1. The lowest BCUT2D eigenvalue weighted by Gasteiger charge is -2.15. The van der Waals surface area contributed by atoms with E-state index in [1.807, 2.05) is 85.9 Å². The van der Waals surface area contributed by atoms with Gasteiger partial charge in [0.15, 0.2) is 0 Å². The Balaban J connectivity index is 1.83. The van der Waals surface area contributed by atoms with Gasteiger partial charge >= 0.3 is 5.91 Å². The van der Waals surface area contributed by atoms with Crippen LogP contribution in [-0.2, 0) is 17.8 Å². The summed E-state index contributed by atoms with van der Waals surface area (Å²) in [6.07, 6.45) is 2.22. The fourth-order valence-corrected chi connectivity index (χ4v) is 2.60. The molecular formula is C21H21N2O+. The highest BCUT2D eigenvalue weighted by atomic mass is 16.2. The summed E-state index contributed by atoms with van der Waals surface area (Å²) in [5, 5.41) is 0. The minimum atomic E-state index is 0.0742. The van der Waals surface area contributed by atoms with E-state index in [0.29, 0.717) is 13.0 Å². The Morgan fingerprint density at radius 3 is 2.25 bits per heavy atom. The van der Waals surface area contributed by atoms with Crippen LogP contribution in [0.15, 0.2) is 79.0 Å². The number of hydrogen-bond donors (Lipinski definition) is 0. The van der Waals surface area contributed by atoms with Crippen molar-refractivity contribution in [3.63, 3.8) is 0 Å². The second kappa shape index (κ2) is 7.55. The fourth-order valence-electron chi connectivity index (χ4n) is 2.60. The van der Waals surface area contributed by atoms with Gasteiger partial charge in [-0.15, -0.1) is 0 Å². The normalized spacial score (nSPS) is 10.4. The van der Waals surface area contributed by atoms with Gasteiger partial charge < -0.3 is 0 Å². The van der Waals surface area contributed by atoms with Crippen molar-refractivity contribution < 1.29 is 9.78 Å². The van der Waals surface area contributed by atoms with Crippen LogP contribution in [0.25, 0.3) is 0 Å². The van der Waals surface area contributed by atoms with Gasteiger partial charge in [0.2, 0.25) is 0 Å². The Hall–Kier alpha value is -2.94. The van der Waals surface area contributed by atoms with E-state index in [1.165, 1.54) is 5.56 Å². The standard InChI is InChI=1S/C21H20N2O/c1-17-10-12-18(13-11-17)15-21(24)23(20-9-5-6-14-22-20)16-19-7-3-2-4-8-19/h2-14H,15-16H2,1H3/p+1. The third-order valence-corrected chi connectivity index (χ3v) is 3.94. The molecule has 120 valence electrons. The van der Waals surface area contributed by atoms with E-state index in [0.717, 1.165) is 16.9 Å². The van der Waals surface area contributed by atoms with Crippen LogP contribution in [0.4, 0.5) is 5.82 Å². The summed E-state index contributed by atoms with van der Waals surface area (Å²) in [5.41, 5.74) is 3.33. The first kappa shape index (κ1) is 15.9. The molecule has 0 saturated carbocycles. The predicted molar refractivity (Wildman–Crippen MR) is 95.5 cm³/mol. The lowest BCUT2D eigenvalue weighted by atomic mass is 10.1. The number of carbonyl (C=O) groups excluding carboxylic acids is 1. The second-order valence-corrected chi connectivity index (χ2v) is 5.88. The topological polar surface area (TPSA) is 34.5 Å². The molecule has 0 radical (unpaired) electrons. The van der Waals surface area contributed by atoms with E-state index < -0.39 is 0 Å². The van der Waals surface area contributed by atoms with Crippen LogP contribution in [0.5, 0.6) is 0 Å². The first-order valence-electron chi connectivity index (χ1n) is 8.09. The lowest BCUT2D eigenvalue weighted by Crippen LogP contribution is -2.35. The molecule has 0 bridgehead atoms. The molecule has 1 aromatic heterocycles. The molecule has 24 heavy (non-hydrogen) atoms. The summed E-state index contributed by atoms with van der Waals surface area (Å²) in [5.74, 6) is 0.878. The van der Waals surface area contributed by atoms with Crippen molar-refractivity contribution >= 4 is 11.7 Å². The third kappa shape index (κ3) is 4.07. The van der Waals surface area contributed by atoms with E-state index in [9.17, 15) is 4.79 Å². The van der Waals surface area contributed by atoms with Crippen LogP contribution in [0.3, 0.4) is 0 Å². The average Bonchev–Trinajstić information content (AvgIpc) is 2.63. The molecule has 1 N–H and O–H groups in total. The van der Waals surface area contributed by atoms with Crippen molar-refractivity contribution in [2.24, 2.45) is 0 Å². The number of H-pyrrole nitrogens is 1. The maximum Gasteiger partial charge on any atom is 0.314 e. The van der Waals surface area contributed by atoms with Gasteiger partial charge in [0, 0.05) is 6.07 Å². The number of anilines is 1. The molecular weight excluding hydrogens is 296 g/mol. The van der Waals surface area contributed by atoms with E-state index in [2.05, 4.69) is 4.98 Å². The molecule has 0 unspecified atom stereocenters. The Bertz CT molecular complexity index is 783. The third-order valence-electron chi connectivity index (χ3n) is 3.94. The largest absolute Gasteiger partial charge is 0.314 e. The predicted octanol–water partition coefficient (Wildman–Crippen LogP) is 3.59. The quantitative estimate of drug-likeness (QED) is 0.708. The van der Waals surface area contributed by atoms with E-state index in [4.69, 9.17) is 0 Å². The van der Waals surface area contributed by atoms with Crippen LogP contribution >= 0.6 is 0 Å². The van der Waals surface area contributed by atoms with Crippen molar-refractivity contribution in [3.05, 3.63) is 95.7 Å². The highest BCUT2D eigenvalue weighted by molar-refractivity contribution is 5.93. The van der Waals surface area contributed by atoms with Crippen LogP contribution in [-0.4, -0.2) is 5.91 Å². The monoisotopic (exact) mass is 317 g/mol. The number of pyridine rings is 1. The van der Waals surface area contributed by atoms with Gasteiger partial charge in [-0.3, -0.25) is 0 Å². The molecule has 0 aliphatic heterocycles. The molecule has 0 fully saturated rings.